The molecule has 2 aliphatic rings. The molecule has 0 bridgehead atoms. The Balaban J connectivity index is 1.24. The van der Waals surface area contributed by atoms with Gasteiger partial charge in [0, 0.05) is 51.4 Å². The standard InChI is InChI=1S/C21H24F3N5O2S/c22-21(23,24)16-3-4-17(25-14-16)27-9-11-28(12-10-27)19(30)15-5-7-29(8-6-15)20(31)26-18-2-1-13-32-18/h1-4,13-15H,5-12H2,(H,26,31). The average Bonchev–Trinajstić information content (AvgIpc) is 3.31. The van der Waals surface area contributed by atoms with Crippen LogP contribution in [0.15, 0.2) is 35.8 Å². The number of piperazine rings is 1. The van der Waals surface area contributed by atoms with Crippen molar-refractivity contribution in [1.29, 1.82) is 0 Å². The molecule has 11 heteroatoms. The Kier molecular flexibility index (Phi) is 6.54. The first kappa shape index (κ1) is 22.4. The van der Waals surface area contributed by atoms with E-state index in [1.54, 1.807) is 4.90 Å². The highest BCUT2D eigenvalue weighted by molar-refractivity contribution is 7.14. The molecule has 7 nitrogen and oxygen atoms in total. The van der Waals surface area contributed by atoms with Crippen molar-refractivity contribution in [1.82, 2.24) is 14.8 Å². The van der Waals surface area contributed by atoms with Crippen LogP contribution in [0.1, 0.15) is 18.4 Å². The number of carbonyl (C=O) groups excluding carboxylic acids is 2. The van der Waals surface area contributed by atoms with E-state index in [9.17, 15) is 22.8 Å². The van der Waals surface area contributed by atoms with E-state index in [0.29, 0.717) is 57.9 Å². The second-order valence-corrected chi connectivity index (χ2v) is 8.83. The zero-order valence-corrected chi connectivity index (χ0v) is 18.2. The number of hydrogen-bond acceptors (Lipinski definition) is 5. The van der Waals surface area contributed by atoms with Crippen molar-refractivity contribution >= 4 is 34.1 Å². The number of carbonyl (C=O) groups is 2. The van der Waals surface area contributed by atoms with Crippen LogP contribution in [-0.2, 0) is 11.0 Å². The number of pyridine rings is 1. The Morgan fingerprint density at radius 3 is 2.28 bits per heavy atom. The number of amides is 3. The van der Waals surface area contributed by atoms with Crippen LogP contribution in [0.4, 0.5) is 28.8 Å². The summed E-state index contributed by atoms with van der Waals surface area (Å²) in [5.74, 6) is 0.454. The smallest absolute Gasteiger partial charge is 0.353 e. The fourth-order valence-corrected chi connectivity index (χ4v) is 4.63. The fourth-order valence-electron chi connectivity index (χ4n) is 4.02. The Bertz CT molecular complexity index is 920. The van der Waals surface area contributed by atoms with Crippen LogP contribution in [0.2, 0.25) is 0 Å². The molecular formula is C21H24F3N5O2S. The molecule has 2 aromatic heterocycles. The van der Waals surface area contributed by atoms with E-state index < -0.39 is 11.7 Å². The number of hydrogen-bond donors (Lipinski definition) is 1. The number of nitrogens with one attached hydrogen (secondary N) is 1. The predicted molar refractivity (Wildman–Crippen MR) is 116 cm³/mol. The molecule has 4 rings (SSSR count). The summed E-state index contributed by atoms with van der Waals surface area (Å²) in [6.07, 6.45) is -2.32. The van der Waals surface area contributed by atoms with E-state index in [4.69, 9.17) is 0 Å². The number of nitrogens with zero attached hydrogens (tertiary/aromatic N) is 4. The van der Waals surface area contributed by atoms with Gasteiger partial charge in [-0.1, -0.05) is 0 Å². The van der Waals surface area contributed by atoms with E-state index >= 15 is 0 Å². The molecular weight excluding hydrogens is 443 g/mol. The number of thiophene rings is 1. The van der Waals surface area contributed by atoms with Crippen molar-refractivity contribution < 1.29 is 22.8 Å². The number of anilines is 2. The monoisotopic (exact) mass is 467 g/mol. The van der Waals surface area contributed by atoms with Gasteiger partial charge in [-0.2, -0.15) is 13.2 Å². The lowest BCUT2D eigenvalue weighted by Crippen LogP contribution is -2.52. The zero-order valence-electron chi connectivity index (χ0n) is 17.3. The molecule has 2 aromatic rings. The maximum Gasteiger partial charge on any atom is 0.417 e. The maximum absolute atomic E-state index is 12.9. The van der Waals surface area contributed by atoms with Crippen molar-refractivity contribution in [2.45, 2.75) is 19.0 Å². The van der Waals surface area contributed by atoms with Crippen LogP contribution in [0.3, 0.4) is 0 Å². The number of rotatable bonds is 3. The molecule has 0 aliphatic carbocycles. The quantitative estimate of drug-likeness (QED) is 0.747. The van der Waals surface area contributed by atoms with E-state index in [1.165, 1.54) is 17.4 Å². The summed E-state index contributed by atoms with van der Waals surface area (Å²) >= 11 is 1.46. The van der Waals surface area contributed by atoms with E-state index in [2.05, 4.69) is 10.3 Å². The van der Waals surface area contributed by atoms with Crippen LogP contribution in [0.5, 0.6) is 0 Å². The van der Waals surface area contributed by atoms with Crippen LogP contribution in [-0.4, -0.2) is 66.0 Å². The van der Waals surface area contributed by atoms with Crippen LogP contribution >= 0.6 is 11.3 Å². The highest BCUT2D eigenvalue weighted by Crippen LogP contribution is 2.29. The van der Waals surface area contributed by atoms with Crippen molar-refractivity contribution in [2.75, 3.05) is 49.5 Å². The first-order valence-electron chi connectivity index (χ1n) is 10.5. The molecule has 0 radical (unpaired) electrons. The molecule has 0 spiro atoms. The molecule has 2 saturated heterocycles. The van der Waals surface area contributed by atoms with Crippen LogP contribution < -0.4 is 10.2 Å². The number of urea groups is 1. The van der Waals surface area contributed by atoms with Crippen LogP contribution in [0.25, 0.3) is 0 Å². The highest BCUT2D eigenvalue weighted by Gasteiger charge is 2.33. The summed E-state index contributed by atoms with van der Waals surface area (Å²) in [7, 11) is 0. The van der Waals surface area contributed by atoms with Gasteiger partial charge in [0.2, 0.25) is 5.91 Å². The molecule has 2 fully saturated rings. The maximum atomic E-state index is 12.9. The second kappa shape index (κ2) is 9.35. The van der Waals surface area contributed by atoms with Gasteiger partial charge in [0.25, 0.3) is 0 Å². The highest BCUT2D eigenvalue weighted by atomic mass is 32.1. The van der Waals surface area contributed by atoms with Gasteiger partial charge in [-0.15, -0.1) is 11.3 Å². The van der Waals surface area contributed by atoms with Crippen molar-refractivity contribution in [2.24, 2.45) is 5.92 Å². The summed E-state index contributed by atoms with van der Waals surface area (Å²) in [6, 6.07) is 5.98. The minimum atomic E-state index is -4.41. The molecule has 4 heterocycles. The summed E-state index contributed by atoms with van der Waals surface area (Å²) in [6.45, 7) is 3.10. The number of aromatic nitrogens is 1. The van der Waals surface area contributed by atoms with Gasteiger partial charge in [0.15, 0.2) is 0 Å². The van der Waals surface area contributed by atoms with Gasteiger partial charge in [-0.25, -0.2) is 9.78 Å². The number of halogens is 3. The first-order valence-corrected chi connectivity index (χ1v) is 11.4. The number of alkyl halides is 3. The van der Waals surface area contributed by atoms with E-state index in [0.717, 1.165) is 17.3 Å². The van der Waals surface area contributed by atoms with Gasteiger partial charge in [0.05, 0.1) is 10.6 Å². The number of likely N-dealkylation sites (tertiary alicyclic amines) is 1. The van der Waals surface area contributed by atoms with Gasteiger partial charge in [-0.3, -0.25) is 10.1 Å². The van der Waals surface area contributed by atoms with Crippen molar-refractivity contribution in [3.05, 3.63) is 41.4 Å². The average molecular weight is 468 g/mol. The first-order chi connectivity index (χ1) is 15.3. The van der Waals surface area contributed by atoms with E-state index in [-0.39, 0.29) is 17.9 Å². The van der Waals surface area contributed by atoms with E-state index in [1.807, 2.05) is 27.3 Å². The van der Waals surface area contributed by atoms with Crippen molar-refractivity contribution in [3.63, 3.8) is 0 Å². The fraction of sp³-hybridized carbons (Fsp3) is 0.476. The summed E-state index contributed by atoms with van der Waals surface area (Å²) in [5, 5.41) is 5.56. The summed E-state index contributed by atoms with van der Waals surface area (Å²) < 4.78 is 38.1. The number of piperidine rings is 1. The Hall–Kier alpha value is -2.82. The molecule has 0 unspecified atom stereocenters. The Morgan fingerprint density at radius 1 is 1.00 bits per heavy atom. The third-order valence-electron chi connectivity index (χ3n) is 5.87. The summed E-state index contributed by atoms with van der Waals surface area (Å²) in [4.78, 5) is 34.7. The molecule has 172 valence electrons. The molecule has 2 aliphatic heterocycles. The largest absolute Gasteiger partial charge is 0.417 e. The Labute approximate surface area is 187 Å². The molecule has 0 atom stereocenters. The summed E-state index contributed by atoms with van der Waals surface area (Å²) in [5.41, 5.74) is -0.773. The van der Waals surface area contributed by atoms with Gasteiger partial charge < -0.3 is 14.7 Å². The van der Waals surface area contributed by atoms with Gasteiger partial charge in [0.1, 0.15) is 5.82 Å². The van der Waals surface area contributed by atoms with Crippen molar-refractivity contribution in [3.8, 4) is 0 Å². The molecule has 1 N–H and O–H groups in total. The topological polar surface area (TPSA) is 68.8 Å². The Morgan fingerprint density at radius 2 is 1.72 bits per heavy atom. The molecule has 0 aromatic carbocycles. The third-order valence-corrected chi connectivity index (χ3v) is 6.66. The second-order valence-electron chi connectivity index (χ2n) is 7.88. The van der Waals surface area contributed by atoms with Gasteiger partial charge in [-0.05, 0) is 42.5 Å². The molecule has 0 saturated carbocycles. The normalized spacial score (nSPS) is 18.0. The van der Waals surface area contributed by atoms with Crippen LogP contribution in [0, 0.1) is 5.92 Å². The van der Waals surface area contributed by atoms with Gasteiger partial charge >= 0.3 is 12.2 Å². The third kappa shape index (κ3) is 5.14. The lowest BCUT2D eigenvalue weighted by atomic mass is 9.95. The lowest BCUT2D eigenvalue weighted by Gasteiger charge is -2.39. The predicted octanol–water partition coefficient (Wildman–Crippen LogP) is 3.75. The zero-order chi connectivity index (χ0) is 22.7. The minimum absolute atomic E-state index is 0.0864. The molecule has 32 heavy (non-hydrogen) atoms. The molecule has 3 amide bonds. The SMILES string of the molecule is O=C(Nc1cccs1)N1CCC(C(=O)N2CCN(c3ccc(C(F)(F)F)cn3)CC2)CC1. The minimum Gasteiger partial charge on any atom is -0.353 e. The lowest BCUT2D eigenvalue weighted by molar-refractivity contribution is -0.138.